The number of hydrogen-bond donors (Lipinski definition) is 1. The summed E-state index contributed by atoms with van der Waals surface area (Å²) >= 11 is 5.92. The van der Waals surface area contributed by atoms with E-state index < -0.39 is 0 Å². The molecular formula is C17H38ClN. The van der Waals surface area contributed by atoms with E-state index in [2.05, 4.69) is 13.8 Å². The minimum Gasteiger partial charge on any atom is -0.344 e. The summed E-state index contributed by atoms with van der Waals surface area (Å²) in [6.45, 7) is 4.38. The Bertz CT molecular complexity index is 148. The standard InChI is InChI=1S/C17H35Cl.H3N/c1-3-4-5-6-7-8-9-10-11-12-13-14-15-16-17(2)18;/h17H,3-16H2,1-2H3;1H3. The monoisotopic (exact) mass is 291 g/mol. The molecule has 1 atom stereocenters. The number of hydrogen-bond acceptors (Lipinski definition) is 1. The molecule has 3 N–H and O–H groups in total. The molecule has 0 aliphatic heterocycles. The van der Waals surface area contributed by atoms with Crippen LogP contribution in [0.4, 0.5) is 0 Å². The maximum Gasteiger partial charge on any atom is 0.0307 e. The van der Waals surface area contributed by atoms with E-state index >= 15 is 0 Å². The number of rotatable bonds is 14. The van der Waals surface area contributed by atoms with Gasteiger partial charge in [0.05, 0.1) is 0 Å². The van der Waals surface area contributed by atoms with Crippen LogP contribution in [-0.2, 0) is 0 Å². The van der Waals surface area contributed by atoms with Crippen molar-refractivity contribution in [2.24, 2.45) is 0 Å². The van der Waals surface area contributed by atoms with Gasteiger partial charge in [-0.15, -0.1) is 11.6 Å². The molecule has 0 spiro atoms. The van der Waals surface area contributed by atoms with Gasteiger partial charge in [-0.25, -0.2) is 0 Å². The molecule has 0 saturated heterocycles. The van der Waals surface area contributed by atoms with Crippen molar-refractivity contribution in [2.45, 2.75) is 109 Å². The van der Waals surface area contributed by atoms with E-state index in [0.29, 0.717) is 5.38 Å². The highest BCUT2D eigenvalue weighted by molar-refractivity contribution is 6.20. The van der Waals surface area contributed by atoms with Crippen LogP contribution in [0, 0.1) is 0 Å². The molecule has 0 aromatic heterocycles. The molecule has 0 rings (SSSR count). The Labute approximate surface area is 127 Å². The fourth-order valence-electron chi connectivity index (χ4n) is 2.44. The second kappa shape index (κ2) is 18.2. The molecule has 0 fully saturated rings. The van der Waals surface area contributed by atoms with Crippen LogP contribution in [0.15, 0.2) is 0 Å². The molecule has 0 radical (unpaired) electrons. The van der Waals surface area contributed by atoms with Crippen LogP contribution < -0.4 is 6.15 Å². The first-order valence-electron chi connectivity index (χ1n) is 8.41. The van der Waals surface area contributed by atoms with Crippen LogP contribution in [-0.4, -0.2) is 5.38 Å². The normalized spacial score (nSPS) is 12.2. The van der Waals surface area contributed by atoms with E-state index in [4.69, 9.17) is 11.6 Å². The van der Waals surface area contributed by atoms with Gasteiger partial charge in [0.1, 0.15) is 0 Å². The molecule has 1 nitrogen and oxygen atoms in total. The smallest absolute Gasteiger partial charge is 0.0307 e. The first-order chi connectivity index (χ1) is 8.77. The third-order valence-corrected chi connectivity index (χ3v) is 3.92. The van der Waals surface area contributed by atoms with Gasteiger partial charge >= 0.3 is 0 Å². The van der Waals surface area contributed by atoms with E-state index in [0.717, 1.165) is 0 Å². The minimum atomic E-state index is 0. The topological polar surface area (TPSA) is 35.0 Å². The van der Waals surface area contributed by atoms with Crippen LogP contribution in [0.1, 0.15) is 104 Å². The Morgan fingerprint density at radius 3 is 1.26 bits per heavy atom. The van der Waals surface area contributed by atoms with Crippen molar-refractivity contribution in [3.8, 4) is 0 Å². The van der Waals surface area contributed by atoms with Crippen molar-refractivity contribution in [1.82, 2.24) is 6.15 Å². The highest BCUT2D eigenvalue weighted by Gasteiger charge is 1.96. The molecule has 2 heteroatoms. The lowest BCUT2D eigenvalue weighted by Gasteiger charge is -2.04. The molecule has 19 heavy (non-hydrogen) atoms. The molecule has 0 aromatic carbocycles. The summed E-state index contributed by atoms with van der Waals surface area (Å²) in [4.78, 5) is 0. The molecule has 0 aliphatic carbocycles. The van der Waals surface area contributed by atoms with Crippen molar-refractivity contribution in [3.63, 3.8) is 0 Å². The minimum absolute atomic E-state index is 0. The highest BCUT2D eigenvalue weighted by atomic mass is 35.5. The zero-order chi connectivity index (χ0) is 13.5. The lowest BCUT2D eigenvalue weighted by atomic mass is 10.0. The number of halogens is 1. The van der Waals surface area contributed by atoms with Gasteiger partial charge < -0.3 is 6.15 Å². The maximum atomic E-state index is 5.92. The Morgan fingerprint density at radius 1 is 0.632 bits per heavy atom. The van der Waals surface area contributed by atoms with Crippen LogP contribution in [0.5, 0.6) is 0 Å². The quantitative estimate of drug-likeness (QED) is 0.265. The van der Waals surface area contributed by atoms with E-state index in [1.54, 1.807) is 0 Å². The van der Waals surface area contributed by atoms with Crippen LogP contribution >= 0.6 is 11.6 Å². The molecule has 0 amide bonds. The number of unbranched alkanes of at least 4 members (excludes halogenated alkanes) is 12. The summed E-state index contributed by atoms with van der Waals surface area (Å²) in [6, 6.07) is 0. The van der Waals surface area contributed by atoms with Gasteiger partial charge in [0.15, 0.2) is 0 Å². The zero-order valence-electron chi connectivity index (χ0n) is 13.6. The van der Waals surface area contributed by atoms with E-state index in [1.165, 1.54) is 89.9 Å². The highest BCUT2D eigenvalue weighted by Crippen LogP contribution is 2.14. The van der Waals surface area contributed by atoms with Crippen LogP contribution in [0.2, 0.25) is 0 Å². The van der Waals surface area contributed by atoms with E-state index in [9.17, 15) is 0 Å². The average molecular weight is 292 g/mol. The molecule has 0 saturated carbocycles. The van der Waals surface area contributed by atoms with Crippen molar-refractivity contribution in [3.05, 3.63) is 0 Å². The van der Waals surface area contributed by atoms with Crippen molar-refractivity contribution in [2.75, 3.05) is 0 Å². The molecule has 0 aliphatic rings. The average Bonchev–Trinajstić information content (AvgIpc) is 2.34. The predicted molar refractivity (Wildman–Crippen MR) is 90.6 cm³/mol. The molecule has 118 valence electrons. The molecular weight excluding hydrogens is 254 g/mol. The van der Waals surface area contributed by atoms with E-state index in [-0.39, 0.29) is 6.15 Å². The molecule has 0 heterocycles. The molecule has 0 bridgehead atoms. The Hall–Kier alpha value is 0.250. The largest absolute Gasteiger partial charge is 0.344 e. The summed E-state index contributed by atoms with van der Waals surface area (Å²) in [6.07, 6.45) is 19.8. The second-order valence-corrected chi connectivity index (χ2v) is 6.56. The Balaban J connectivity index is 0. The summed E-state index contributed by atoms with van der Waals surface area (Å²) < 4.78 is 0. The molecule has 1 unspecified atom stereocenters. The SMILES string of the molecule is CCCCCCCCCCCCCCCC(C)Cl.N. The fraction of sp³-hybridized carbons (Fsp3) is 1.00. The van der Waals surface area contributed by atoms with Gasteiger partial charge in [0, 0.05) is 5.38 Å². The van der Waals surface area contributed by atoms with Gasteiger partial charge in [0.25, 0.3) is 0 Å². The van der Waals surface area contributed by atoms with E-state index in [1.807, 2.05) is 0 Å². The first-order valence-corrected chi connectivity index (χ1v) is 8.85. The van der Waals surface area contributed by atoms with Crippen molar-refractivity contribution < 1.29 is 0 Å². The van der Waals surface area contributed by atoms with Gasteiger partial charge in [-0.2, -0.15) is 0 Å². The second-order valence-electron chi connectivity index (χ2n) is 5.81. The zero-order valence-corrected chi connectivity index (χ0v) is 14.3. The Kier molecular flexibility index (Phi) is 20.7. The van der Waals surface area contributed by atoms with Gasteiger partial charge in [-0.1, -0.05) is 90.4 Å². The lowest BCUT2D eigenvalue weighted by Crippen LogP contribution is -1.90. The van der Waals surface area contributed by atoms with Crippen LogP contribution in [0.25, 0.3) is 0 Å². The summed E-state index contributed by atoms with van der Waals surface area (Å²) in [5.41, 5.74) is 0. The van der Waals surface area contributed by atoms with Crippen molar-refractivity contribution >= 4 is 11.6 Å². The summed E-state index contributed by atoms with van der Waals surface area (Å²) in [5.74, 6) is 0. The molecule has 0 aromatic rings. The summed E-state index contributed by atoms with van der Waals surface area (Å²) in [5, 5.41) is 0.373. The fourth-order valence-corrected chi connectivity index (χ4v) is 2.60. The third-order valence-electron chi connectivity index (χ3n) is 3.71. The van der Waals surface area contributed by atoms with Crippen LogP contribution in [0.3, 0.4) is 0 Å². The van der Waals surface area contributed by atoms with Gasteiger partial charge in [0.2, 0.25) is 0 Å². The maximum absolute atomic E-state index is 5.92. The third kappa shape index (κ3) is 20.7. The van der Waals surface area contributed by atoms with Crippen molar-refractivity contribution in [1.29, 1.82) is 0 Å². The first kappa shape index (κ1) is 21.5. The lowest BCUT2D eigenvalue weighted by molar-refractivity contribution is 0.535. The number of alkyl halides is 1. The van der Waals surface area contributed by atoms with Gasteiger partial charge in [-0.3, -0.25) is 0 Å². The predicted octanol–water partition coefficient (Wildman–Crippen LogP) is 7.26. The Morgan fingerprint density at radius 2 is 0.947 bits per heavy atom. The summed E-state index contributed by atoms with van der Waals surface area (Å²) in [7, 11) is 0. The van der Waals surface area contributed by atoms with Gasteiger partial charge in [-0.05, 0) is 13.3 Å².